The molecular formula is C12H17Cl2FN2. The highest BCUT2D eigenvalue weighted by Gasteiger charge is 2.15. The first-order valence-electron chi connectivity index (χ1n) is 5.54. The Morgan fingerprint density at radius 1 is 1.47 bits per heavy atom. The van der Waals surface area contributed by atoms with E-state index in [9.17, 15) is 4.39 Å². The molecule has 2 nitrogen and oxygen atoms in total. The highest BCUT2D eigenvalue weighted by atomic mass is 35.5. The smallest absolute Gasteiger partial charge is 0.125 e. The average molecular weight is 279 g/mol. The van der Waals surface area contributed by atoms with Crippen molar-refractivity contribution < 1.29 is 4.39 Å². The largest absolute Gasteiger partial charge is 0.312 e. The maximum atomic E-state index is 13.1. The summed E-state index contributed by atoms with van der Waals surface area (Å²) >= 11 is 5.83. The van der Waals surface area contributed by atoms with Crippen LogP contribution in [0.1, 0.15) is 12.5 Å². The van der Waals surface area contributed by atoms with Crippen LogP contribution in [0.5, 0.6) is 0 Å². The monoisotopic (exact) mass is 278 g/mol. The number of piperazine rings is 1. The van der Waals surface area contributed by atoms with Gasteiger partial charge in [0.15, 0.2) is 0 Å². The topological polar surface area (TPSA) is 15.3 Å². The molecule has 5 heteroatoms. The van der Waals surface area contributed by atoms with Gasteiger partial charge in [-0.1, -0.05) is 11.6 Å². The predicted octanol–water partition coefficient (Wildman–Crippen LogP) is 2.69. The van der Waals surface area contributed by atoms with Crippen LogP contribution >= 0.6 is 24.0 Å². The minimum atomic E-state index is -0.259. The quantitative estimate of drug-likeness (QED) is 0.895. The summed E-state index contributed by atoms with van der Waals surface area (Å²) in [6.07, 6.45) is 0. The molecule has 1 aliphatic rings. The molecule has 17 heavy (non-hydrogen) atoms. The lowest BCUT2D eigenvalue weighted by Crippen LogP contribution is -2.48. The van der Waals surface area contributed by atoms with E-state index in [1.54, 1.807) is 6.07 Å². The molecule has 1 saturated heterocycles. The standard InChI is InChI=1S/C12H16ClFN2.ClH/c1-9-7-16(3-2-15-9)8-10-4-11(13)6-12(14)5-10;/h4-6,9,15H,2-3,7-8H2,1H3;1H/t9-;/m1./s1. The summed E-state index contributed by atoms with van der Waals surface area (Å²) in [5.74, 6) is -0.259. The first-order chi connectivity index (χ1) is 7.63. The average Bonchev–Trinajstić information content (AvgIpc) is 2.15. The van der Waals surface area contributed by atoms with Crippen molar-refractivity contribution in [1.29, 1.82) is 0 Å². The fourth-order valence-corrected chi connectivity index (χ4v) is 2.36. The lowest BCUT2D eigenvalue weighted by Gasteiger charge is -2.31. The normalized spacial score (nSPS) is 21.0. The van der Waals surface area contributed by atoms with E-state index in [0.29, 0.717) is 11.1 Å². The van der Waals surface area contributed by atoms with Gasteiger partial charge in [0.05, 0.1) is 0 Å². The fraction of sp³-hybridized carbons (Fsp3) is 0.500. The molecule has 0 radical (unpaired) electrons. The van der Waals surface area contributed by atoms with Crippen molar-refractivity contribution >= 4 is 24.0 Å². The van der Waals surface area contributed by atoms with Crippen molar-refractivity contribution in [1.82, 2.24) is 10.2 Å². The summed E-state index contributed by atoms with van der Waals surface area (Å²) in [6.45, 7) is 5.91. The van der Waals surface area contributed by atoms with E-state index < -0.39 is 0 Å². The second kappa shape index (κ2) is 6.55. The lowest BCUT2D eigenvalue weighted by atomic mass is 10.1. The summed E-state index contributed by atoms with van der Waals surface area (Å²) in [4.78, 5) is 2.31. The third-order valence-corrected chi connectivity index (χ3v) is 3.00. The summed E-state index contributed by atoms with van der Waals surface area (Å²) in [7, 11) is 0. The summed E-state index contributed by atoms with van der Waals surface area (Å²) < 4.78 is 13.1. The van der Waals surface area contributed by atoms with Crippen LogP contribution < -0.4 is 5.32 Å². The minimum absolute atomic E-state index is 0. The van der Waals surface area contributed by atoms with Crippen molar-refractivity contribution in [3.05, 3.63) is 34.6 Å². The van der Waals surface area contributed by atoms with Crippen molar-refractivity contribution in [3.63, 3.8) is 0 Å². The Morgan fingerprint density at radius 2 is 2.24 bits per heavy atom. The molecule has 0 unspecified atom stereocenters. The van der Waals surface area contributed by atoms with Crippen LogP contribution in [0.2, 0.25) is 5.02 Å². The van der Waals surface area contributed by atoms with Crippen molar-refractivity contribution in [2.45, 2.75) is 19.5 Å². The van der Waals surface area contributed by atoms with Gasteiger partial charge in [0, 0.05) is 37.2 Å². The van der Waals surface area contributed by atoms with Crippen LogP contribution in [0.4, 0.5) is 4.39 Å². The van der Waals surface area contributed by atoms with Crippen molar-refractivity contribution in [2.24, 2.45) is 0 Å². The van der Waals surface area contributed by atoms with Crippen LogP contribution in [0.15, 0.2) is 18.2 Å². The van der Waals surface area contributed by atoms with E-state index in [0.717, 1.165) is 31.7 Å². The number of hydrogen-bond acceptors (Lipinski definition) is 2. The minimum Gasteiger partial charge on any atom is -0.312 e. The first-order valence-corrected chi connectivity index (χ1v) is 5.92. The van der Waals surface area contributed by atoms with Crippen molar-refractivity contribution in [2.75, 3.05) is 19.6 Å². The molecule has 96 valence electrons. The van der Waals surface area contributed by atoms with Crippen LogP contribution in [-0.2, 0) is 6.54 Å². The summed E-state index contributed by atoms with van der Waals surface area (Å²) in [6, 6.07) is 5.22. The highest BCUT2D eigenvalue weighted by molar-refractivity contribution is 6.30. The number of halogens is 3. The SMILES string of the molecule is C[C@@H]1CN(Cc2cc(F)cc(Cl)c2)CCN1.Cl. The van der Waals surface area contributed by atoms with Crippen LogP contribution in [-0.4, -0.2) is 30.6 Å². The number of nitrogens with one attached hydrogen (secondary N) is 1. The zero-order valence-corrected chi connectivity index (χ0v) is 11.3. The molecule has 0 amide bonds. The van der Waals surface area contributed by atoms with Gasteiger partial charge in [0.1, 0.15) is 5.82 Å². The van der Waals surface area contributed by atoms with Gasteiger partial charge in [0.25, 0.3) is 0 Å². The second-order valence-electron chi connectivity index (χ2n) is 4.37. The Morgan fingerprint density at radius 3 is 2.88 bits per heavy atom. The number of hydrogen-bond donors (Lipinski definition) is 1. The van der Waals surface area contributed by atoms with E-state index in [1.165, 1.54) is 6.07 Å². The van der Waals surface area contributed by atoms with Crippen LogP contribution in [0, 0.1) is 5.82 Å². The fourth-order valence-electron chi connectivity index (χ4n) is 2.12. The van der Waals surface area contributed by atoms with Gasteiger partial charge < -0.3 is 5.32 Å². The van der Waals surface area contributed by atoms with Crippen LogP contribution in [0.25, 0.3) is 0 Å². The molecule has 1 aromatic carbocycles. The molecule has 0 aliphatic carbocycles. The molecule has 1 fully saturated rings. The Hall–Kier alpha value is -0.350. The van der Waals surface area contributed by atoms with Gasteiger partial charge in [-0.15, -0.1) is 12.4 Å². The van der Waals surface area contributed by atoms with Crippen LogP contribution in [0.3, 0.4) is 0 Å². The lowest BCUT2D eigenvalue weighted by molar-refractivity contribution is 0.199. The second-order valence-corrected chi connectivity index (χ2v) is 4.80. The molecule has 0 aromatic heterocycles. The molecule has 1 atom stereocenters. The van der Waals surface area contributed by atoms with Crippen molar-refractivity contribution in [3.8, 4) is 0 Å². The van der Waals surface area contributed by atoms with E-state index in [4.69, 9.17) is 11.6 Å². The maximum absolute atomic E-state index is 13.1. The van der Waals surface area contributed by atoms with Gasteiger partial charge in [-0.3, -0.25) is 4.90 Å². The maximum Gasteiger partial charge on any atom is 0.125 e. The molecule has 1 aliphatic heterocycles. The summed E-state index contributed by atoms with van der Waals surface area (Å²) in [5.41, 5.74) is 0.944. The molecule has 2 rings (SSSR count). The van der Waals surface area contributed by atoms with Gasteiger partial charge in [-0.25, -0.2) is 4.39 Å². The number of benzene rings is 1. The summed E-state index contributed by atoms with van der Waals surface area (Å²) in [5, 5.41) is 3.85. The van der Waals surface area contributed by atoms with E-state index in [2.05, 4.69) is 17.1 Å². The molecule has 1 aromatic rings. The van der Waals surface area contributed by atoms with Gasteiger partial charge in [-0.2, -0.15) is 0 Å². The Labute approximate surface area is 113 Å². The molecular weight excluding hydrogens is 262 g/mol. The third kappa shape index (κ3) is 4.43. The highest BCUT2D eigenvalue weighted by Crippen LogP contribution is 2.16. The Bertz CT molecular complexity index is 353. The first kappa shape index (κ1) is 14.7. The molecule has 1 heterocycles. The molecule has 0 spiro atoms. The zero-order chi connectivity index (χ0) is 11.5. The Balaban J connectivity index is 0.00000144. The van der Waals surface area contributed by atoms with E-state index in [1.807, 2.05) is 6.07 Å². The predicted molar refractivity (Wildman–Crippen MR) is 71.4 cm³/mol. The van der Waals surface area contributed by atoms with Gasteiger partial charge in [0.2, 0.25) is 0 Å². The zero-order valence-electron chi connectivity index (χ0n) is 9.75. The third-order valence-electron chi connectivity index (χ3n) is 2.78. The van der Waals surface area contributed by atoms with Gasteiger partial charge >= 0.3 is 0 Å². The Kier molecular flexibility index (Phi) is 5.67. The van der Waals surface area contributed by atoms with E-state index >= 15 is 0 Å². The number of rotatable bonds is 2. The molecule has 1 N–H and O–H groups in total. The number of nitrogens with zero attached hydrogens (tertiary/aromatic N) is 1. The van der Waals surface area contributed by atoms with Gasteiger partial charge in [-0.05, 0) is 30.7 Å². The molecule has 0 bridgehead atoms. The molecule has 0 saturated carbocycles. The van der Waals surface area contributed by atoms with E-state index in [-0.39, 0.29) is 18.2 Å².